The quantitative estimate of drug-likeness (QED) is 0.837. The molecule has 28 heavy (non-hydrogen) atoms. The van der Waals surface area contributed by atoms with E-state index in [-0.39, 0.29) is 17.6 Å². The zero-order valence-corrected chi connectivity index (χ0v) is 17.0. The van der Waals surface area contributed by atoms with Gasteiger partial charge in [0.25, 0.3) is 5.56 Å². The van der Waals surface area contributed by atoms with Crippen molar-refractivity contribution in [2.75, 3.05) is 5.73 Å². The van der Waals surface area contributed by atoms with Gasteiger partial charge in [0.05, 0.1) is 5.69 Å². The third kappa shape index (κ3) is 4.46. The number of hydrogen-bond acceptors (Lipinski definition) is 5. The first-order chi connectivity index (χ1) is 13.4. The van der Waals surface area contributed by atoms with Gasteiger partial charge in [-0.3, -0.25) is 9.59 Å². The molecular weight excluding hydrogens is 356 g/mol. The SMILES string of the molecule is Cc1cc(-c2cc(N)c(=O)n([C@H](C)C(=O)NC3CCCCCCC3)n2)c(C)o1. The number of nitrogens with one attached hydrogen (secondary N) is 1. The number of nitrogens with two attached hydrogens (primary N) is 1. The molecular formula is C21H30N4O3. The maximum Gasteiger partial charge on any atom is 0.290 e. The third-order valence-electron chi connectivity index (χ3n) is 5.48. The van der Waals surface area contributed by atoms with Gasteiger partial charge in [0.1, 0.15) is 23.2 Å². The van der Waals surface area contributed by atoms with Crippen molar-refractivity contribution in [3.05, 3.63) is 34.0 Å². The van der Waals surface area contributed by atoms with E-state index in [9.17, 15) is 9.59 Å². The van der Waals surface area contributed by atoms with Crippen molar-refractivity contribution in [1.29, 1.82) is 0 Å². The molecule has 0 saturated heterocycles. The molecule has 1 amide bonds. The van der Waals surface area contributed by atoms with Crippen LogP contribution in [-0.2, 0) is 4.79 Å². The van der Waals surface area contributed by atoms with Crippen LogP contribution in [0.1, 0.15) is 69.4 Å². The molecule has 1 fully saturated rings. The van der Waals surface area contributed by atoms with Crippen LogP contribution in [0.4, 0.5) is 5.69 Å². The average Bonchev–Trinajstić information content (AvgIpc) is 2.97. The standard InChI is InChI=1S/C21H30N4O3/c1-13-11-17(15(3)28-13)19-12-18(22)21(27)25(24-19)14(2)20(26)23-16-9-7-5-4-6-8-10-16/h11-12,14,16H,4-10,22H2,1-3H3,(H,23,26)/t14-/m1/s1. The third-order valence-corrected chi connectivity index (χ3v) is 5.48. The predicted molar refractivity (Wildman–Crippen MR) is 109 cm³/mol. The van der Waals surface area contributed by atoms with Crippen LogP contribution in [0.5, 0.6) is 0 Å². The number of aryl methyl sites for hydroxylation is 2. The number of carbonyl (C=O) groups excluding carboxylic acids is 1. The van der Waals surface area contributed by atoms with Crippen molar-refractivity contribution in [2.45, 2.75) is 77.8 Å². The molecule has 2 aromatic heterocycles. The minimum absolute atomic E-state index is 0.0638. The Balaban J connectivity index is 1.84. The molecule has 7 nitrogen and oxygen atoms in total. The summed E-state index contributed by atoms with van der Waals surface area (Å²) in [5, 5.41) is 7.54. The summed E-state index contributed by atoms with van der Waals surface area (Å²) in [5.74, 6) is 1.25. The van der Waals surface area contributed by atoms with E-state index in [1.165, 1.54) is 30.0 Å². The highest BCUT2D eigenvalue weighted by molar-refractivity contribution is 5.80. The van der Waals surface area contributed by atoms with E-state index in [2.05, 4.69) is 10.4 Å². The van der Waals surface area contributed by atoms with Gasteiger partial charge in [-0.2, -0.15) is 5.10 Å². The first-order valence-electron chi connectivity index (χ1n) is 10.1. The van der Waals surface area contributed by atoms with Crippen molar-refractivity contribution in [3.63, 3.8) is 0 Å². The summed E-state index contributed by atoms with van der Waals surface area (Å²) in [6, 6.07) is 2.81. The van der Waals surface area contributed by atoms with Crippen molar-refractivity contribution in [2.24, 2.45) is 0 Å². The second-order valence-electron chi connectivity index (χ2n) is 7.79. The van der Waals surface area contributed by atoms with Crippen LogP contribution in [0.3, 0.4) is 0 Å². The van der Waals surface area contributed by atoms with Gasteiger partial charge in [-0.25, -0.2) is 4.68 Å². The fourth-order valence-electron chi connectivity index (χ4n) is 3.84. The molecule has 0 radical (unpaired) electrons. The Morgan fingerprint density at radius 1 is 1.21 bits per heavy atom. The van der Waals surface area contributed by atoms with Crippen molar-refractivity contribution in [1.82, 2.24) is 15.1 Å². The second-order valence-corrected chi connectivity index (χ2v) is 7.79. The highest BCUT2D eigenvalue weighted by atomic mass is 16.3. The normalized spacial score (nSPS) is 17.0. The van der Waals surface area contributed by atoms with Crippen molar-refractivity contribution in [3.8, 4) is 11.3 Å². The number of anilines is 1. The molecule has 0 aromatic carbocycles. The van der Waals surface area contributed by atoms with Crippen LogP contribution in [0.25, 0.3) is 11.3 Å². The summed E-state index contributed by atoms with van der Waals surface area (Å²) in [5.41, 5.74) is 6.84. The Hall–Kier alpha value is -2.57. The minimum Gasteiger partial charge on any atom is -0.466 e. The van der Waals surface area contributed by atoms with Gasteiger partial charge in [-0.05, 0) is 45.7 Å². The van der Waals surface area contributed by atoms with Gasteiger partial charge in [0.15, 0.2) is 0 Å². The average molecular weight is 386 g/mol. The molecule has 3 rings (SSSR count). The lowest BCUT2D eigenvalue weighted by Crippen LogP contribution is -2.42. The molecule has 1 atom stereocenters. The van der Waals surface area contributed by atoms with E-state index in [1.807, 2.05) is 19.9 Å². The van der Waals surface area contributed by atoms with Gasteiger partial charge in [0, 0.05) is 11.6 Å². The Labute approximate surface area is 165 Å². The van der Waals surface area contributed by atoms with Crippen LogP contribution in [0.15, 0.2) is 21.3 Å². The molecule has 0 unspecified atom stereocenters. The van der Waals surface area contributed by atoms with Crippen LogP contribution in [0, 0.1) is 13.8 Å². The number of nitrogens with zero attached hydrogens (tertiary/aromatic N) is 2. The number of nitrogen functional groups attached to an aromatic ring is 1. The summed E-state index contributed by atoms with van der Waals surface area (Å²) < 4.78 is 6.75. The molecule has 1 saturated carbocycles. The Bertz CT molecular complexity index is 892. The molecule has 2 heterocycles. The highest BCUT2D eigenvalue weighted by Crippen LogP contribution is 2.25. The Kier molecular flexibility index (Phi) is 6.21. The summed E-state index contributed by atoms with van der Waals surface area (Å²) in [6.07, 6.45) is 7.91. The van der Waals surface area contributed by atoms with E-state index < -0.39 is 11.6 Å². The molecule has 152 valence electrons. The van der Waals surface area contributed by atoms with Gasteiger partial charge in [-0.15, -0.1) is 0 Å². The topological polar surface area (TPSA) is 103 Å². The molecule has 7 heteroatoms. The molecule has 0 bridgehead atoms. The van der Waals surface area contributed by atoms with E-state index in [1.54, 1.807) is 6.92 Å². The Morgan fingerprint density at radius 3 is 2.46 bits per heavy atom. The number of amides is 1. The molecule has 3 N–H and O–H groups in total. The molecule has 2 aromatic rings. The fourth-order valence-corrected chi connectivity index (χ4v) is 3.84. The molecule has 1 aliphatic carbocycles. The van der Waals surface area contributed by atoms with Gasteiger partial charge in [-0.1, -0.05) is 32.1 Å². The summed E-state index contributed by atoms with van der Waals surface area (Å²) >= 11 is 0. The largest absolute Gasteiger partial charge is 0.466 e. The summed E-state index contributed by atoms with van der Waals surface area (Å²) in [6.45, 7) is 5.37. The lowest BCUT2D eigenvalue weighted by atomic mass is 9.96. The van der Waals surface area contributed by atoms with Crippen LogP contribution < -0.4 is 16.6 Å². The molecule has 0 spiro atoms. The van der Waals surface area contributed by atoms with E-state index in [0.717, 1.165) is 37.0 Å². The zero-order valence-electron chi connectivity index (χ0n) is 17.0. The predicted octanol–water partition coefficient (Wildman–Crippen LogP) is 3.49. The lowest BCUT2D eigenvalue weighted by Gasteiger charge is -2.23. The van der Waals surface area contributed by atoms with E-state index >= 15 is 0 Å². The smallest absolute Gasteiger partial charge is 0.290 e. The number of rotatable bonds is 4. The summed E-state index contributed by atoms with van der Waals surface area (Å²) in [7, 11) is 0. The molecule has 0 aliphatic heterocycles. The highest BCUT2D eigenvalue weighted by Gasteiger charge is 2.23. The van der Waals surface area contributed by atoms with E-state index in [0.29, 0.717) is 11.5 Å². The lowest BCUT2D eigenvalue weighted by molar-refractivity contribution is -0.125. The number of aromatic nitrogens is 2. The van der Waals surface area contributed by atoms with Crippen LogP contribution in [0.2, 0.25) is 0 Å². The number of carbonyl (C=O) groups is 1. The van der Waals surface area contributed by atoms with Crippen molar-refractivity contribution >= 4 is 11.6 Å². The molecule has 1 aliphatic rings. The minimum atomic E-state index is -0.742. The first-order valence-corrected chi connectivity index (χ1v) is 10.1. The van der Waals surface area contributed by atoms with Gasteiger partial charge < -0.3 is 15.5 Å². The van der Waals surface area contributed by atoms with Crippen LogP contribution in [-0.4, -0.2) is 21.7 Å². The van der Waals surface area contributed by atoms with Crippen molar-refractivity contribution < 1.29 is 9.21 Å². The maximum atomic E-state index is 12.8. The van der Waals surface area contributed by atoms with E-state index in [4.69, 9.17) is 10.2 Å². The van der Waals surface area contributed by atoms with Crippen LogP contribution >= 0.6 is 0 Å². The summed E-state index contributed by atoms with van der Waals surface area (Å²) in [4.78, 5) is 25.4. The first kappa shape index (κ1) is 20.2. The monoisotopic (exact) mass is 386 g/mol. The van der Waals surface area contributed by atoms with Gasteiger partial charge >= 0.3 is 0 Å². The number of hydrogen-bond donors (Lipinski definition) is 2. The fraction of sp³-hybridized carbons (Fsp3) is 0.571. The number of furan rings is 1. The Morgan fingerprint density at radius 2 is 1.86 bits per heavy atom. The second kappa shape index (κ2) is 8.63. The van der Waals surface area contributed by atoms with Gasteiger partial charge in [0.2, 0.25) is 5.91 Å². The zero-order chi connectivity index (χ0) is 20.3. The maximum absolute atomic E-state index is 12.8.